The molecule has 0 saturated heterocycles. The number of fused-ring (bicyclic) bond motifs is 1. The standard InChI is InChI=1S/C14H18BrNO4.ClH/c1-2-3-11(14(17)18)16-8-9-6-12-13(7-10(9)15)20-5-4-19-12;/h6-7,11,16H,2-5,8H2,1H3,(H,17,18);1H. The molecule has 2 rings (SSSR count). The van der Waals surface area contributed by atoms with Crippen molar-refractivity contribution in [2.45, 2.75) is 32.4 Å². The fourth-order valence-electron chi connectivity index (χ4n) is 2.08. The Morgan fingerprint density at radius 3 is 2.57 bits per heavy atom. The highest BCUT2D eigenvalue weighted by Crippen LogP contribution is 2.35. The Kier molecular flexibility index (Phi) is 7.28. The van der Waals surface area contributed by atoms with E-state index in [4.69, 9.17) is 14.6 Å². The Morgan fingerprint density at radius 1 is 1.38 bits per heavy atom. The molecule has 1 aromatic rings. The third kappa shape index (κ3) is 4.76. The monoisotopic (exact) mass is 379 g/mol. The topological polar surface area (TPSA) is 67.8 Å². The number of aliphatic carboxylic acids is 1. The normalized spacial score (nSPS) is 14.2. The molecule has 0 fully saturated rings. The van der Waals surface area contributed by atoms with E-state index in [1.807, 2.05) is 19.1 Å². The largest absolute Gasteiger partial charge is 0.486 e. The zero-order valence-electron chi connectivity index (χ0n) is 11.7. The Bertz CT molecular complexity index is 498. The predicted molar refractivity (Wildman–Crippen MR) is 85.6 cm³/mol. The second-order valence-corrected chi connectivity index (χ2v) is 5.50. The lowest BCUT2D eigenvalue weighted by Gasteiger charge is -2.20. The average molecular weight is 381 g/mol. The van der Waals surface area contributed by atoms with Crippen LogP contribution in [0.2, 0.25) is 0 Å². The summed E-state index contributed by atoms with van der Waals surface area (Å²) in [6, 6.07) is 3.22. The average Bonchev–Trinajstić information content (AvgIpc) is 2.43. The van der Waals surface area contributed by atoms with Gasteiger partial charge in [-0.05, 0) is 24.1 Å². The van der Waals surface area contributed by atoms with Gasteiger partial charge in [-0.1, -0.05) is 29.3 Å². The first-order chi connectivity index (χ1) is 9.61. The smallest absolute Gasteiger partial charge is 0.320 e. The minimum Gasteiger partial charge on any atom is -0.486 e. The van der Waals surface area contributed by atoms with Crippen LogP contribution in [0.15, 0.2) is 16.6 Å². The van der Waals surface area contributed by atoms with Crippen LogP contribution in [-0.2, 0) is 11.3 Å². The number of benzene rings is 1. The van der Waals surface area contributed by atoms with Gasteiger partial charge in [-0.15, -0.1) is 12.4 Å². The molecule has 1 heterocycles. The molecule has 0 bridgehead atoms. The van der Waals surface area contributed by atoms with Gasteiger partial charge in [-0.2, -0.15) is 0 Å². The van der Waals surface area contributed by atoms with Gasteiger partial charge in [0, 0.05) is 11.0 Å². The van der Waals surface area contributed by atoms with Crippen molar-refractivity contribution >= 4 is 34.3 Å². The van der Waals surface area contributed by atoms with Gasteiger partial charge in [-0.25, -0.2) is 0 Å². The zero-order valence-corrected chi connectivity index (χ0v) is 14.1. The molecule has 0 spiro atoms. The maximum atomic E-state index is 11.1. The Hall–Kier alpha value is -0.980. The van der Waals surface area contributed by atoms with Gasteiger partial charge in [0.25, 0.3) is 0 Å². The van der Waals surface area contributed by atoms with E-state index in [9.17, 15) is 4.79 Å². The molecule has 0 radical (unpaired) electrons. The summed E-state index contributed by atoms with van der Waals surface area (Å²) in [4.78, 5) is 11.1. The molecule has 1 aliphatic heterocycles. The summed E-state index contributed by atoms with van der Waals surface area (Å²) >= 11 is 3.48. The van der Waals surface area contributed by atoms with Gasteiger partial charge in [-0.3, -0.25) is 4.79 Å². The van der Waals surface area contributed by atoms with Crippen molar-refractivity contribution in [1.29, 1.82) is 0 Å². The quantitative estimate of drug-likeness (QED) is 0.794. The predicted octanol–water partition coefficient (Wildman–Crippen LogP) is 2.99. The highest BCUT2D eigenvalue weighted by atomic mass is 79.9. The number of ether oxygens (including phenoxy) is 2. The number of carboxylic acids is 1. The molecule has 5 nitrogen and oxygen atoms in total. The molecule has 118 valence electrons. The van der Waals surface area contributed by atoms with Crippen LogP contribution >= 0.6 is 28.3 Å². The maximum absolute atomic E-state index is 11.1. The Balaban J connectivity index is 0.00000220. The van der Waals surface area contributed by atoms with Gasteiger partial charge < -0.3 is 19.9 Å². The Labute approximate surface area is 138 Å². The second-order valence-electron chi connectivity index (χ2n) is 4.65. The molecule has 7 heteroatoms. The highest BCUT2D eigenvalue weighted by molar-refractivity contribution is 9.10. The third-order valence-electron chi connectivity index (χ3n) is 3.13. The van der Waals surface area contributed by atoms with Crippen molar-refractivity contribution in [2.24, 2.45) is 0 Å². The van der Waals surface area contributed by atoms with Crippen molar-refractivity contribution in [1.82, 2.24) is 5.32 Å². The molecule has 1 unspecified atom stereocenters. The summed E-state index contributed by atoms with van der Waals surface area (Å²) in [5, 5.41) is 12.2. The first-order valence-corrected chi connectivity index (χ1v) is 7.45. The van der Waals surface area contributed by atoms with Crippen molar-refractivity contribution in [2.75, 3.05) is 13.2 Å². The van der Waals surface area contributed by atoms with E-state index >= 15 is 0 Å². The molecule has 1 aromatic carbocycles. The van der Waals surface area contributed by atoms with Crippen molar-refractivity contribution in [3.8, 4) is 11.5 Å². The minimum absolute atomic E-state index is 0. The fourth-order valence-corrected chi connectivity index (χ4v) is 2.54. The van der Waals surface area contributed by atoms with Crippen LogP contribution in [-0.4, -0.2) is 30.3 Å². The minimum atomic E-state index is -0.819. The second kappa shape index (κ2) is 8.46. The van der Waals surface area contributed by atoms with Gasteiger partial charge >= 0.3 is 5.97 Å². The SMILES string of the molecule is CCCC(NCc1cc2c(cc1Br)OCCO2)C(=O)O.Cl. The molecule has 0 amide bonds. The molecule has 2 N–H and O–H groups in total. The number of carbonyl (C=O) groups is 1. The van der Waals surface area contributed by atoms with Crippen LogP contribution in [0.1, 0.15) is 25.3 Å². The summed E-state index contributed by atoms with van der Waals surface area (Å²) in [7, 11) is 0. The van der Waals surface area contributed by atoms with Crippen LogP contribution in [0.3, 0.4) is 0 Å². The molecule has 21 heavy (non-hydrogen) atoms. The highest BCUT2D eigenvalue weighted by Gasteiger charge is 2.18. The number of rotatable bonds is 6. The van der Waals surface area contributed by atoms with E-state index in [0.29, 0.717) is 31.9 Å². The van der Waals surface area contributed by atoms with Gasteiger partial charge in [0.2, 0.25) is 0 Å². The van der Waals surface area contributed by atoms with E-state index in [1.54, 1.807) is 0 Å². The van der Waals surface area contributed by atoms with E-state index < -0.39 is 12.0 Å². The van der Waals surface area contributed by atoms with Crippen LogP contribution in [0, 0.1) is 0 Å². The van der Waals surface area contributed by atoms with Crippen molar-refractivity contribution < 1.29 is 19.4 Å². The lowest BCUT2D eigenvalue weighted by atomic mass is 10.1. The van der Waals surface area contributed by atoms with E-state index in [1.165, 1.54) is 0 Å². The molecule has 1 atom stereocenters. The van der Waals surface area contributed by atoms with Gasteiger partial charge in [0.05, 0.1) is 0 Å². The summed E-state index contributed by atoms with van der Waals surface area (Å²) in [6.45, 7) is 3.52. The summed E-state index contributed by atoms with van der Waals surface area (Å²) in [5.41, 5.74) is 0.955. The molecular weight excluding hydrogens is 362 g/mol. The van der Waals surface area contributed by atoms with Crippen molar-refractivity contribution in [3.05, 3.63) is 22.2 Å². The number of carboxylic acid groups (broad SMARTS) is 1. The molecule has 1 aliphatic rings. The first kappa shape index (κ1) is 18.1. The van der Waals surface area contributed by atoms with Gasteiger partial charge in [0.1, 0.15) is 19.3 Å². The number of halogens is 2. The summed E-state index contributed by atoms with van der Waals surface area (Å²) in [5.74, 6) is 0.606. The van der Waals surface area contributed by atoms with E-state index in [-0.39, 0.29) is 12.4 Å². The molecule has 0 aliphatic carbocycles. The van der Waals surface area contributed by atoms with Crippen LogP contribution in [0.5, 0.6) is 11.5 Å². The van der Waals surface area contributed by atoms with Crippen LogP contribution in [0.4, 0.5) is 0 Å². The number of hydrogen-bond donors (Lipinski definition) is 2. The molecular formula is C14H19BrClNO4. The lowest BCUT2D eigenvalue weighted by molar-refractivity contribution is -0.139. The van der Waals surface area contributed by atoms with Crippen LogP contribution < -0.4 is 14.8 Å². The van der Waals surface area contributed by atoms with Gasteiger partial charge in [0.15, 0.2) is 11.5 Å². The van der Waals surface area contributed by atoms with Crippen molar-refractivity contribution in [3.63, 3.8) is 0 Å². The lowest BCUT2D eigenvalue weighted by Crippen LogP contribution is -2.36. The van der Waals surface area contributed by atoms with E-state index in [0.717, 1.165) is 22.2 Å². The third-order valence-corrected chi connectivity index (χ3v) is 3.86. The molecule has 0 saturated carbocycles. The van der Waals surface area contributed by atoms with E-state index in [2.05, 4.69) is 21.2 Å². The fraction of sp³-hybridized carbons (Fsp3) is 0.500. The van der Waals surface area contributed by atoms with Crippen LogP contribution in [0.25, 0.3) is 0 Å². The maximum Gasteiger partial charge on any atom is 0.320 e. The summed E-state index contributed by atoms with van der Waals surface area (Å²) < 4.78 is 11.9. The summed E-state index contributed by atoms with van der Waals surface area (Å²) in [6.07, 6.45) is 1.43. The zero-order chi connectivity index (χ0) is 14.5. The molecule has 0 aromatic heterocycles. The number of nitrogens with one attached hydrogen (secondary N) is 1. The Morgan fingerprint density at radius 2 is 2.00 bits per heavy atom. The number of hydrogen-bond acceptors (Lipinski definition) is 4. The first-order valence-electron chi connectivity index (χ1n) is 6.66.